The van der Waals surface area contributed by atoms with Crippen molar-refractivity contribution in [2.24, 2.45) is 5.92 Å². The fourth-order valence-corrected chi connectivity index (χ4v) is 2.29. The molecular weight excluding hydrogens is 244 g/mol. The number of rotatable bonds is 4. The number of imidazole rings is 1. The van der Waals surface area contributed by atoms with Gasteiger partial charge in [0.2, 0.25) is 0 Å². The van der Waals surface area contributed by atoms with Gasteiger partial charge < -0.3 is 5.11 Å². The summed E-state index contributed by atoms with van der Waals surface area (Å²) < 4.78 is 1.47. The van der Waals surface area contributed by atoms with E-state index in [1.54, 1.807) is 12.1 Å². The lowest BCUT2D eigenvalue weighted by atomic mass is 10.1. The number of hydrogen-bond donors (Lipinski definition) is 2. The van der Waals surface area contributed by atoms with Crippen LogP contribution in [0, 0.1) is 5.92 Å². The van der Waals surface area contributed by atoms with E-state index in [1.165, 1.54) is 4.57 Å². The first kappa shape index (κ1) is 11.8. The third kappa shape index (κ3) is 2.19. The van der Waals surface area contributed by atoms with E-state index in [9.17, 15) is 14.7 Å². The Bertz CT molecular complexity index is 666. The van der Waals surface area contributed by atoms with Crippen molar-refractivity contribution in [2.75, 3.05) is 0 Å². The van der Waals surface area contributed by atoms with Crippen LogP contribution in [0.2, 0.25) is 0 Å². The lowest BCUT2D eigenvalue weighted by Crippen LogP contribution is -2.17. The highest BCUT2D eigenvalue weighted by Crippen LogP contribution is 2.33. The molecule has 1 aliphatic rings. The third-order valence-corrected chi connectivity index (χ3v) is 3.40. The molecule has 2 aromatic rings. The third-order valence-electron chi connectivity index (χ3n) is 3.40. The van der Waals surface area contributed by atoms with Gasteiger partial charge >= 0.3 is 11.7 Å². The standard InChI is InChI=1S/C14H14N2O3/c17-13(18)12-11(8-9-6-7-9)16(14(19)15-12)10-4-2-1-3-5-10/h1-5,9H,6-8H2,(H,15,19)(H,17,18). The van der Waals surface area contributed by atoms with Crippen molar-refractivity contribution in [2.45, 2.75) is 19.3 Å². The number of para-hydroxylation sites is 1. The highest BCUT2D eigenvalue weighted by Gasteiger charge is 2.28. The van der Waals surface area contributed by atoms with Gasteiger partial charge in [-0.3, -0.25) is 9.55 Å². The van der Waals surface area contributed by atoms with Crippen LogP contribution >= 0.6 is 0 Å². The summed E-state index contributed by atoms with van der Waals surface area (Å²) in [4.78, 5) is 25.7. The van der Waals surface area contributed by atoms with Crippen LogP contribution in [0.4, 0.5) is 0 Å². The molecule has 19 heavy (non-hydrogen) atoms. The lowest BCUT2D eigenvalue weighted by Gasteiger charge is -2.07. The van der Waals surface area contributed by atoms with E-state index in [2.05, 4.69) is 4.98 Å². The number of aromatic nitrogens is 2. The Labute approximate surface area is 109 Å². The maximum atomic E-state index is 12.0. The van der Waals surface area contributed by atoms with Gasteiger partial charge in [0.25, 0.3) is 0 Å². The molecule has 1 aromatic heterocycles. The van der Waals surface area contributed by atoms with E-state index in [0.717, 1.165) is 12.8 Å². The minimum absolute atomic E-state index is 0.0146. The number of carbonyl (C=O) groups is 1. The Hall–Kier alpha value is -2.30. The molecule has 1 saturated carbocycles. The molecule has 1 aromatic carbocycles. The van der Waals surface area contributed by atoms with Crippen molar-refractivity contribution < 1.29 is 9.90 Å². The van der Waals surface area contributed by atoms with Crippen LogP contribution in [-0.2, 0) is 6.42 Å². The van der Waals surface area contributed by atoms with Crippen LogP contribution < -0.4 is 5.69 Å². The van der Waals surface area contributed by atoms with Crippen molar-refractivity contribution in [3.05, 3.63) is 52.2 Å². The van der Waals surface area contributed by atoms with Gasteiger partial charge in [0.15, 0.2) is 0 Å². The fourth-order valence-electron chi connectivity index (χ4n) is 2.29. The fraction of sp³-hybridized carbons (Fsp3) is 0.286. The van der Waals surface area contributed by atoms with Gasteiger partial charge in [0.05, 0.1) is 11.4 Å². The Balaban J connectivity index is 2.16. The molecule has 1 fully saturated rings. The quantitative estimate of drug-likeness (QED) is 0.878. The smallest absolute Gasteiger partial charge is 0.354 e. The predicted molar refractivity (Wildman–Crippen MR) is 69.8 cm³/mol. The van der Waals surface area contributed by atoms with Crippen molar-refractivity contribution >= 4 is 5.97 Å². The van der Waals surface area contributed by atoms with Gasteiger partial charge in [-0.15, -0.1) is 0 Å². The molecule has 0 spiro atoms. The zero-order valence-electron chi connectivity index (χ0n) is 10.3. The molecule has 0 unspecified atom stereocenters. The van der Waals surface area contributed by atoms with Crippen LogP contribution in [0.25, 0.3) is 5.69 Å². The Morgan fingerprint density at radius 3 is 2.58 bits per heavy atom. The average Bonchev–Trinajstić information content (AvgIpc) is 3.14. The number of carboxylic acid groups (broad SMARTS) is 1. The molecule has 3 rings (SSSR count). The van der Waals surface area contributed by atoms with Crippen molar-refractivity contribution in [1.82, 2.24) is 9.55 Å². The second kappa shape index (κ2) is 4.42. The molecule has 0 amide bonds. The number of benzene rings is 1. The molecule has 2 N–H and O–H groups in total. The molecule has 1 aliphatic carbocycles. The predicted octanol–water partition coefficient (Wildman–Crippen LogP) is 1.82. The largest absolute Gasteiger partial charge is 0.477 e. The number of aromatic carboxylic acids is 1. The highest BCUT2D eigenvalue weighted by molar-refractivity contribution is 5.87. The summed E-state index contributed by atoms with van der Waals surface area (Å²) in [7, 11) is 0. The molecule has 98 valence electrons. The second-order valence-electron chi connectivity index (χ2n) is 4.88. The summed E-state index contributed by atoms with van der Waals surface area (Å²) >= 11 is 0. The zero-order valence-corrected chi connectivity index (χ0v) is 10.3. The summed E-state index contributed by atoms with van der Waals surface area (Å²) in [6, 6.07) is 9.13. The summed E-state index contributed by atoms with van der Waals surface area (Å²) in [5.41, 5.74) is 0.901. The Kier molecular flexibility index (Phi) is 2.74. The van der Waals surface area contributed by atoms with E-state index in [0.29, 0.717) is 23.7 Å². The monoisotopic (exact) mass is 258 g/mol. The summed E-state index contributed by atoms with van der Waals surface area (Å²) in [5, 5.41) is 9.20. The number of nitrogens with zero attached hydrogens (tertiary/aromatic N) is 1. The molecule has 0 radical (unpaired) electrons. The van der Waals surface area contributed by atoms with Crippen molar-refractivity contribution in [3.8, 4) is 5.69 Å². The van der Waals surface area contributed by atoms with E-state index >= 15 is 0 Å². The maximum Gasteiger partial charge on any atom is 0.354 e. The molecule has 0 atom stereocenters. The first-order valence-electron chi connectivity index (χ1n) is 6.29. The number of nitrogens with one attached hydrogen (secondary N) is 1. The van der Waals surface area contributed by atoms with E-state index in [-0.39, 0.29) is 11.4 Å². The molecular formula is C14H14N2O3. The Morgan fingerprint density at radius 2 is 2.00 bits per heavy atom. The second-order valence-corrected chi connectivity index (χ2v) is 4.88. The lowest BCUT2D eigenvalue weighted by molar-refractivity contribution is 0.0689. The van der Waals surface area contributed by atoms with Gasteiger partial charge in [-0.1, -0.05) is 18.2 Å². The van der Waals surface area contributed by atoms with Crippen molar-refractivity contribution in [3.63, 3.8) is 0 Å². The number of H-pyrrole nitrogens is 1. The summed E-state index contributed by atoms with van der Waals surface area (Å²) in [6.07, 6.45) is 2.84. The summed E-state index contributed by atoms with van der Waals surface area (Å²) in [5.74, 6) is -0.578. The SMILES string of the molecule is O=C(O)c1[nH]c(=O)n(-c2ccccc2)c1CC1CC1. The first-order chi connectivity index (χ1) is 9.16. The number of carboxylic acids is 1. The molecule has 0 bridgehead atoms. The van der Waals surface area contributed by atoms with Crippen molar-refractivity contribution in [1.29, 1.82) is 0 Å². The van der Waals surface area contributed by atoms with E-state index in [1.807, 2.05) is 18.2 Å². The van der Waals surface area contributed by atoms with Crippen LogP contribution in [0.1, 0.15) is 29.0 Å². The molecule has 0 saturated heterocycles. The van der Waals surface area contributed by atoms with E-state index < -0.39 is 5.97 Å². The van der Waals surface area contributed by atoms with Gasteiger partial charge in [-0.25, -0.2) is 9.59 Å². The Morgan fingerprint density at radius 1 is 1.32 bits per heavy atom. The zero-order chi connectivity index (χ0) is 13.4. The normalized spacial score (nSPS) is 14.5. The minimum Gasteiger partial charge on any atom is -0.477 e. The van der Waals surface area contributed by atoms with Gasteiger partial charge in [0, 0.05) is 0 Å². The molecule has 0 aliphatic heterocycles. The van der Waals surface area contributed by atoms with Gasteiger partial charge in [-0.05, 0) is 37.3 Å². The number of hydrogen-bond acceptors (Lipinski definition) is 2. The minimum atomic E-state index is -1.08. The highest BCUT2D eigenvalue weighted by atomic mass is 16.4. The maximum absolute atomic E-state index is 12.0. The van der Waals surface area contributed by atoms with Crippen LogP contribution in [0.3, 0.4) is 0 Å². The van der Waals surface area contributed by atoms with Crippen LogP contribution in [0.5, 0.6) is 0 Å². The topological polar surface area (TPSA) is 75.1 Å². The van der Waals surface area contributed by atoms with Crippen LogP contribution in [0.15, 0.2) is 35.1 Å². The van der Waals surface area contributed by atoms with Gasteiger partial charge in [0.1, 0.15) is 5.69 Å². The van der Waals surface area contributed by atoms with E-state index in [4.69, 9.17) is 0 Å². The molecule has 5 heteroatoms. The van der Waals surface area contributed by atoms with Crippen LogP contribution in [-0.4, -0.2) is 20.6 Å². The summed E-state index contributed by atoms with van der Waals surface area (Å²) in [6.45, 7) is 0. The number of aromatic amines is 1. The first-order valence-corrected chi connectivity index (χ1v) is 6.29. The molecule has 5 nitrogen and oxygen atoms in total. The molecule has 1 heterocycles. The van der Waals surface area contributed by atoms with Gasteiger partial charge in [-0.2, -0.15) is 0 Å². The average molecular weight is 258 g/mol.